The van der Waals surface area contributed by atoms with E-state index in [1.165, 1.54) is 16.0 Å². The number of hydrogen-bond donors (Lipinski definition) is 1. The van der Waals surface area contributed by atoms with Gasteiger partial charge in [0.1, 0.15) is 12.0 Å². The molecule has 0 saturated carbocycles. The van der Waals surface area contributed by atoms with Gasteiger partial charge in [-0.05, 0) is 28.7 Å². The van der Waals surface area contributed by atoms with E-state index < -0.39 is 23.6 Å². The zero-order chi connectivity index (χ0) is 19.3. The molecule has 144 valence electrons. The van der Waals surface area contributed by atoms with Crippen molar-refractivity contribution in [3.63, 3.8) is 0 Å². The largest absolute Gasteiger partial charge is 0.481 e. The monoisotopic (exact) mass is 379 g/mol. The van der Waals surface area contributed by atoms with Crippen molar-refractivity contribution >= 4 is 12.1 Å². The number of aliphatic carboxylic acids is 1. The van der Waals surface area contributed by atoms with Crippen LogP contribution in [0.5, 0.6) is 0 Å². The fourth-order valence-corrected chi connectivity index (χ4v) is 4.85. The minimum Gasteiger partial charge on any atom is -0.481 e. The fraction of sp³-hybridized carbons (Fsp3) is 0.364. The molecule has 0 radical (unpaired) electrons. The topological polar surface area (TPSA) is 76.1 Å². The predicted molar refractivity (Wildman–Crippen MR) is 101 cm³/mol. The molecule has 2 unspecified atom stereocenters. The molecule has 2 aromatic carbocycles. The predicted octanol–water partition coefficient (Wildman–Crippen LogP) is 3.11. The minimum atomic E-state index is -0.994. The van der Waals surface area contributed by atoms with Gasteiger partial charge in [-0.25, -0.2) is 4.79 Å². The molecule has 6 heteroatoms. The maximum atomic E-state index is 12.7. The van der Waals surface area contributed by atoms with Crippen molar-refractivity contribution in [2.45, 2.75) is 18.4 Å². The molecule has 5 rings (SSSR count). The quantitative estimate of drug-likeness (QED) is 0.887. The van der Waals surface area contributed by atoms with Crippen molar-refractivity contribution in [3.05, 3.63) is 59.7 Å². The number of carboxylic acids is 1. The highest BCUT2D eigenvalue weighted by molar-refractivity contribution is 5.80. The average Bonchev–Trinajstić information content (AvgIpc) is 3.36. The van der Waals surface area contributed by atoms with Crippen molar-refractivity contribution in [1.82, 2.24) is 4.90 Å². The van der Waals surface area contributed by atoms with Crippen LogP contribution in [0, 0.1) is 5.41 Å². The Balaban J connectivity index is 1.32. The molecular formula is C22H21NO5. The highest BCUT2D eigenvalue weighted by atomic mass is 16.6. The average molecular weight is 379 g/mol. The molecule has 2 aromatic rings. The summed E-state index contributed by atoms with van der Waals surface area (Å²) in [5, 5.41) is 9.64. The van der Waals surface area contributed by atoms with Crippen LogP contribution in [0.4, 0.5) is 4.79 Å². The van der Waals surface area contributed by atoms with Crippen molar-refractivity contribution in [1.29, 1.82) is 0 Å². The number of nitrogens with zero attached hydrogens (tertiary/aromatic N) is 1. The van der Waals surface area contributed by atoms with Gasteiger partial charge in [-0.3, -0.25) is 4.79 Å². The lowest BCUT2D eigenvalue weighted by atomic mass is 9.84. The summed E-state index contributed by atoms with van der Waals surface area (Å²) in [6, 6.07) is 16.3. The molecule has 28 heavy (non-hydrogen) atoms. The lowest BCUT2D eigenvalue weighted by molar-refractivity contribution is -0.149. The maximum Gasteiger partial charge on any atom is 0.409 e. The van der Waals surface area contributed by atoms with Crippen LogP contribution >= 0.6 is 0 Å². The molecule has 0 bridgehead atoms. The summed E-state index contributed by atoms with van der Waals surface area (Å²) in [6.07, 6.45) is -0.494. The van der Waals surface area contributed by atoms with E-state index in [4.69, 9.17) is 9.47 Å². The van der Waals surface area contributed by atoms with Crippen LogP contribution in [-0.2, 0) is 14.3 Å². The molecule has 0 spiro atoms. The van der Waals surface area contributed by atoms with Crippen molar-refractivity contribution < 1.29 is 24.2 Å². The molecule has 1 N–H and O–H groups in total. The number of carbonyl (C=O) groups is 2. The van der Waals surface area contributed by atoms with Gasteiger partial charge in [-0.2, -0.15) is 0 Å². The highest BCUT2D eigenvalue weighted by Crippen LogP contribution is 2.45. The highest BCUT2D eigenvalue weighted by Gasteiger charge is 2.57. The Morgan fingerprint density at radius 1 is 1.11 bits per heavy atom. The lowest BCUT2D eigenvalue weighted by Crippen LogP contribution is -2.39. The molecule has 1 aliphatic carbocycles. The van der Waals surface area contributed by atoms with Crippen LogP contribution in [-0.4, -0.2) is 54.5 Å². The summed E-state index contributed by atoms with van der Waals surface area (Å²) >= 11 is 0. The summed E-state index contributed by atoms with van der Waals surface area (Å²) in [4.78, 5) is 25.9. The molecule has 2 fully saturated rings. The van der Waals surface area contributed by atoms with E-state index in [2.05, 4.69) is 24.3 Å². The van der Waals surface area contributed by atoms with E-state index in [1.54, 1.807) is 0 Å². The smallest absolute Gasteiger partial charge is 0.409 e. The van der Waals surface area contributed by atoms with Crippen LogP contribution in [0.3, 0.4) is 0 Å². The van der Waals surface area contributed by atoms with Gasteiger partial charge in [-0.15, -0.1) is 0 Å². The number of rotatable bonds is 3. The fourth-order valence-electron chi connectivity index (χ4n) is 4.85. The van der Waals surface area contributed by atoms with E-state index in [9.17, 15) is 14.7 Å². The third-order valence-corrected chi connectivity index (χ3v) is 6.36. The number of carboxylic acid groups (broad SMARTS) is 1. The van der Waals surface area contributed by atoms with Crippen molar-refractivity contribution in [2.75, 3.05) is 26.3 Å². The molecule has 0 aromatic heterocycles. The zero-order valence-electron chi connectivity index (χ0n) is 15.3. The van der Waals surface area contributed by atoms with Gasteiger partial charge in [0.2, 0.25) is 0 Å². The third kappa shape index (κ3) is 2.44. The molecule has 2 aliphatic heterocycles. The van der Waals surface area contributed by atoms with Crippen LogP contribution in [0.2, 0.25) is 0 Å². The molecule has 2 atom stereocenters. The SMILES string of the molecule is O=C(OCC1c2ccccc2-c2ccccc21)N1CC2OCCC2(C(=O)O)C1. The minimum absolute atomic E-state index is 0.0110. The second-order valence-corrected chi connectivity index (χ2v) is 7.76. The second-order valence-electron chi connectivity index (χ2n) is 7.76. The number of amides is 1. The summed E-state index contributed by atoms with van der Waals surface area (Å²) in [6.45, 7) is 1.07. The van der Waals surface area contributed by atoms with Crippen LogP contribution in [0.15, 0.2) is 48.5 Å². The van der Waals surface area contributed by atoms with E-state index in [1.807, 2.05) is 24.3 Å². The number of carbonyl (C=O) groups excluding carboxylic acids is 1. The van der Waals surface area contributed by atoms with Crippen LogP contribution in [0.25, 0.3) is 11.1 Å². The number of fused-ring (bicyclic) bond motifs is 4. The molecule has 2 heterocycles. The zero-order valence-corrected chi connectivity index (χ0v) is 15.3. The van der Waals surface area contributed by atoms with Gasteiger partial charge in [-0.1, -0.05) is 48.5 Å². The Labute approximate surface area is 162 Å². The molecule has 3 aliphatic rings. The van der Waals surface area contributed by atoms with Gasteiger partial charge in [0, 0.05) is 19.1 Å². The second kappa shape index (κ2) is 6.34. The van der Waals surface area contributed by atoms with Crippen LogP contribution < -0.4 is 0 Å². The first-order chi connectivity index (χ1) is 13.6. The number of likely N-dealkylation sites (tertiary alicyclic amines) is 1. The van der Waals surface area contributed by atoms with E-state index in [0.717, 1.165) is 11.1 Å². The van der Waals surface area contributed by atoms with E-state index in [0.29, 0.717) is 13.0 Å². The molecule has 2 saturated heterocycles. The van der Waals surface area contributed by atoms with Crippen LogP contribution in [0.1, 0.15) is 23.5 Å². The number of hydrogen-bond acceptors (Lipinski definition) is 4. The molecule has 1 amide bonds. The Kier molecular flexibility index (Phi) is 3.91. The Bertz CT molecular complexity index is 912. The molecule has 6 nitrogen and oxygen atoms in total. The van der Waals surface area contributed by atoms with E-state index >= 15 is 0 Å². The van der Waals surface area contributed by atoms with Crippen molar-refractivity contribution in [3.8, 4) is 11.1 Å². The Hall–Kier alpha value is -2.86. The number of ether oxygens (including phenoxy) is 2. The first-order valence-electron chi connectivity index (χ1n) is 9.55. The van der Waals surface area contributed by atoms with Gasteiger partial charge < -0.3 is 19.5 Å². The standard InChI is InChI=1S/C22H21NO5/c24-20(25)22-9-10-27-19(22)11-23(13-22)21(26)28-12-18-16-7-3-1-5-14(16)15-6-2-4-8-17(15)18/h1-8,18-19H,9-13H2,(H,24,25). The lowest BCUT2D eigenvalue weighted by Gasteiger charge is -2.22. The first-order valence-corrected chi connectivity index (χ1v) is 9.55. The van der Waals surface area contributed by atoms with Gasteiger partial charge >= 0.3 is 12.1 Å². The normalized spacial score (nSPS) is 25.3. The third-order valence-electron chi connectivity index (χ3n) is 6.36. The van der Waals surface area contributed by atoms with Gasteiger partial charge in [0.25, 0.3) is 0 Å². The summed E-state index contributed by atoms with van der Waals surface area (Å²) in [7, 11) is 0. The van der Waals surface area contributed by atoms with Crippen molar-refractivity contribution in [2.24, 2.45) is 5.41 Å². The Morgan fingerprint density at radius 2 is 1.75 bits per heavy atom. The summed E-state index contributed by atoms with van der Waals surface area (Å²) in [5.41, 5.74) is 3.66. The summed E-state index contributed by atoms with van der Waals surface area (Å²) < 4.78 is 11.2. The first kappa shape index (κ1) is 17.3. The number of benzene rings is 2. The maximum absolute atomic E-state index is 12.7. The van der Waals surface area contributed by atoms with E-state index in [-0.39, 0.29) is 25.6 Å². The Morgan fingerprint density at radius 3 is 2.36 bits per heavy atom. The van der Waals surface area contributed by atoms with Gasteiger partial charge in [0.15, 0.2) is 0 Å². The van der Waals surface area contributed by atoms with Gasteiger partial charge in [0.05, 0.1) is 12.6 Å². The molecular weight excluding hydrogens is 358 g/mol. The summed E-state index contributed by atoms with van der Waals surface area (Å²) in [5.74, 6) is -0.910.